The van der Waals surface area contributed by atoms with Crippen LogP contribution < -0.4 is 0 Å². The van der Waals surface area contributed by atoms with Gasteiger partial charge in [-0.15, -0.1) is 0 Å². The van der Waals surface area contributed by atoms with E-state index in [9.17, 15) is 13.2 Å². The number of hydrogen-bond donors (Lipinski definition) is 0. The molecular formula is C23H20N2O4S. The highest BCUT2D eigenvalue weighted by atomic mass is 32.2. The summed E-state index contributed by atoms with van der Waals surface area (Å²) >= 11 is 0. The fourth-order valence-electron chi connectivity index (χ4n) is 3.56. The van der Waals surface area contributed by atoms with Crippen LogP contribution in [0.4, 0.5) is 0 Å². The molecule has 6 nitrogen and oxygen atoms in total. The molecule has 0 aliphatic carbocycles. The Morgan fingerprint density at radius 3 is 2.27 bits per heavy atom. The van der Waals surface area contributed by atoms with Crippen molar-refractivity contribution in [1.29, 1.82) is 0 Å². The van der Waals surface area contributed by atoms with Crippen LogP contribution in [0.25, 0.3) is 11.0 Å². The van der Waals surface area contributed by atoms with Crippen molar-refractivity contribution in [3.8, 4) is 0 Å². The summed E-state index contributed by atoms with van der Waals surface area (Å²) in [6.45, 7) is 0. The fraction of sp³-hybridized carbons (Fsp3) is 0.130. The van der Waals surface area contributed by atoms with Gasteiger partial charge in [0.2, 0.25) is 0 Å². The van der Waals surface area contributed by atoms with Crippen molar-refractivity contribution >= 4 is 27.0 Å². The van der Waals surface area contributed by atoms with E-state index in [1.165, 1.54) is 29.4 Å². The maximum Gasteiger partial charge on any atom is 0.340 e. The molecule has 0 fully saturated rings. The molecule has 0 radical (unpaired) electrons. The van der Waals surface area contributed by atoms with Gasteiger partial charge in [0.25, 0.3) is 10.0 Å². The van der Waals surface area contributed by atoms with Gasteiger partial charge in [0.1, 0.15) is 0 Å². The summed E-state index contributed by atoms with van der Waals surface area (Å²) in [5.41, 5.74) is 1.85. The number of rotatable bonds is 6. The third-order valence-corrected chi connectivity index (χ3v) is 6.69. The van der Waals surface area contributed by atoms with Gasteiger partial charge >= 0.3 is 5.97 Å². The second-order valence-electron chi connectivity index (χ2n) is 6.76. The number of carbonyl (C=O) groups is 1. The standard InChI is InChI=1S/C23H20N2O4S/c1-29-23(26)21-19-13-8-16-24-22(19)25(30(27,28)18-11-6-3-7-12-18)20(21)15-14-17-9-4-2-5-10-17/h2-13,16H,14-15H2,1H3. The van der Waals surface area contributed by atoms with Crippen LogP contribution >= 0.6 is 0 Å². The quantitative estimate of drug-likeness (QED) is 0.443. The Morgan fingerprint density at radius 1 is 0.933 bits per heavy atom. The molecule has 2 aromatic heterocycles. The highest BCUT2D eigenvalue weighted by molar-refractivity contribution is 7.90. The molecular weight excluding hydrogens is 400 g/mol. The molecule has 0 N–H and O–H groups in total. The van der Waals surface area contributed by atoms with Crippen molar-refractivity contribution < 1.29 is 17.9 Å². The largest absolute Gasteiger partial charge is 0.465 e. The fourth-order valence-corrected chi connectivity index (χ4v) is 5.12. The maximum absolute atomic E-state index is 13.6. The summed E-state index contributed by atoms with van der Waals surface area (Å²) in [7, 11) is -2.69. The predicted molar refractivity (Wildman–Crippen MR) is 114 cm³/mol. The average Bonchev–Trinajstić information content (AvgIpc) is 3.13. The number of carbonyl (C=O) groups excluding carboxylic acids is 1. The summed E-state index contributed by atoms with van der Waals surface area (Å²) in [6, 6.07) is 21.2. The molecule has 2 aromatic carbocycles. The molecule has 0 atom stereocenters. The van der Waals surface area contributed by atoms with Gasteiger partial charge in [0, 0.05) is 11.6 Å². The van der Waals surface area contributed by atoms with E-state index < -0.39 is 16.0 Å². The summed E-state index contributed by atoms with van der Waals surface area (Å²) in [4.78, 5) is 17.1. The SMILES string of the molecule is COC(=O)c1c(CCc2ccccc2)n(S(=O)(=O)c2ccccc2)c2ncccc12. The number of ether oxygens (including phenoxy) is 1. The Hall–Kier alpha value is -3.45. The lowest BCUT2D eigenvalue weighted by Gasteiger charge is -2.12. The Kier molecular flexibility index (Phi) is 5.37. The Balaban J connectivity index is 1.97. The van der Waals surface area contributed by atoms with Gasteiger partial charge in [-0.3, -0.25) is 0 Å². The second kappa shape index (κ2) is 8.12. The minimum absolute atomic E-state index is 0.130. The van der Waals surface area contributed by atoms with Crippen LogP contribution in [-0.4, -0.2) is 30.5 Å². The van der Waals surface area contributed by atoms with Crippen LogP contribution in [0.3, 0.4) is 0 Å². The Bertz CT molecular complexity index is 1300. The molecule has 0 aliphatic heterocycles. The third kappa shape index (κ3) is 3.48. The summed E-state index contributed by atoms with van der Waals surface area (Å²) in [5.74, 6) is -0.585. The zero-order valence-electron chi connectivity index (χ0n) is 16.4. The van der Waals surface area contributed by atoms with Crippen LogP contribution in [-0.2, 0) is 27.6 Å². The van der Waals surface area contributed by atoms with Crippen LogP contribution in [0.2, 0.25) is 0 Å². The predicted octanol–water partition coefficient (Wildman–Crippen LogP) is 3.85. The van der Waals surface area contributed by atoms with Crippen molar-refractivity contribution in [2.45, 2.75) is 17.7 Å². The lowest BCUT2D eigenvalue weighted by molar-refractivity contribution is 0.0601. The lowest BCUT2D eigenvalue weighted by atomic mass is 10.0. The van der Waals surface area contributed by atoms with Crippen molar-refractivity contribution in [2.24, 2.45) is 0 Å². The highest BCUT2D eigenvalue weighted by Gasteiger charge is 2.30. The van der Waals surface area contributed by atoms with Gasteiger partial charge < -0.3 is 4.74 Å². The zero-order valence-corrected chi connectivity index (χ0v) is 17.2. The summed E-state index contributed by atoms with van der Waals surface area (Å²) in [6.07, 6.45) is 2.41. The molecule has 30 heavy (non-hydrogen) atoms. The molecule has 0 aliphatic rings. The molecule has 4 aromatic rings. The number of methoxy groups -OCH3 is 1. The minimum Gasteiger partial charge on any atom is -0.465 e. The van der Waals surface area contributed by atoms with Gasteiger partial charge in [-0.1, -0.05) is 48.5 Å². The molecule has 4 rings (SSSR count). The highest BCUT2D eigenvalue weighted by Crippen LogP contribution is 2.30. The lowest BCUT2D eigenvalue weighted by Crippen LogP contribution is -2.18. The van der Waals surface area contributed by atoms with E-state index in [1.807, 2.05) is 30.3 Å². The molecule has 0 spiro atoms. The van der Waals surface area contributed by atoms with Crippen molar-refractivity contribution in [3.63, 3.8) is 0 Å². The third-order valence-electron chi connectivity index (χ3n) is 4.95. The number of pyridine rings is 1. The van der Waals surface area contributed by atoms with Crippen molar-refractivity contribution in [1.82, 2.24) is 8.96 Å². The van der Waals surface area contributed by atoms with Crippen LogP contribution in [0.15, 0.2) is 83.9 Å². The van der Waals surface area contributed by atoms with E-state index in [2.05, 4.69) is 4.98 Å². The monoisotopic (exact) mass is 420 g/mol. The van der Waals surface area contributed by atoms with E-state index in [-0.39, 0.29) is 16.1 Å². The molecule has 0 amide bonds. The molecule has 7 heteroatoms. The van der Waals surface area contributed by atoms with E-state index in [0.717, 1.165) is 5.56 Å². The van der Waals surface area contributed by atoms with Gasteiger partial charge in [-0.05, 0) is 42.7 Å². The number of aryl methyl sites for hydroxylation is 1. The average molecular weight is 420 g/mol. The van der Waals surface area contributed by atoms with Gasteiger partial charge in [-0.2, -0.15) is 0 Å². The van der Waals surface area contributed by atoms with Gasteiger partial charge in [-0.25, -0.2) is 22.2 Å². The molecule has 0 saturated carbocycles. The Morgan fingerprint density at radius 2 is 1.60 bits per heavy atom. The van der Waals surface area contributed by atoms with Crippen LogP contribution in [0, 0.1) is 0 Å². The second-order valence-corrected chi connectivity index (χ2v) is 8.54. The van der Waals surface area contributed by atoms with E-state index in [1.54, 1.807) is 30.3 Å². The van der Waals surface area contributed by atoms with Crippen LogP contribution in [0.5, 0.6) is 0 Å². The summed E-state index contributed by atoms with van der Waals surface area (Å²) < 4.78 is 33.3. The first-order valence-corrected chi connectivity index (χ1v) is 10.9. The van der Waals surface area contributed by atoms with Crippen molar-refractivity contribution in [2.75, 3.05) is 7.11 Å². The first-order valence-electron chi connectivity index (χ1n) is 9.45. The normalized spacial score (nSPS) is 11.5. The zero-order chi connectivity index (χ0) is 21.1. The van der Waals surface area contributed by atoms with E-state index in [0.29, 0.717) is 23.9 Å². The topological polar surface area (TPSA) is 78.3 Å². The van der Waals surface area contributed by atoms with E-state index in [4.69, 9.17) is 4.74 Å². The maximum atomic E-state index is 13.6. The number of esters is 1. The van der Waals surface area contributed by atoms with Crippen molar-refractivity contribution in [3.05, 3.63) is 95.8 Å². The number of nitrogens with zero attached hydrogens (tertiary/aromatic N) is 2. The smallest absolute Gasteiger partial charge is 0.340 e. The van der Waals surface area contributed by atoms with Gasteiger partial charge in [0.05, 0.1) is 23.3 Å². The molecule has 0 unspecified atom stereocenters. The van der Waals surface area contributed by atoms with E-state index >= 15 is 0 Å². The number of hydrogen-bond acceptors (Lipinski definition) is 5. The molecule has 152 valence electrons. The summed E-state index contributed by atoms with van der Waals surface area (Å²) in [5, 5.41) is 0.451. The number of benzene rings is 2. The Labute approximate surface area is 174 Å². The first-order chi connectivity index (χ1) is 14.5. The number of aromatic nitrogens is 2. The molecule has 0 bridgehead atoms. The molecule has 2 heterocycles. The first kappa shape index (κ1) is 19.8. The minimum atomic E-state index is -3.98. The molecule has 0 saturated heterocycles. The number of fused-ring (bicyclic) bond motifs is 1. The van der Waals surface area contributed by atoms with Crippen LogP contribution in [0.1, 0.15) is 21.6 Å². The van der Waals surface area contributed by atoms with Gasteiger partial charge in [0.15, 0.2) is 5.65 Å².